The highest BCUT2D eigenvalue weighted by molar-refractivity contribution is 7.90. The van der Waals surface area contributed by atoms with Crippen LogP contribution in [0.1, 0.15) is 12.6 Å². The number of aryl methyl sites for hydroxylation is 2. The van der Waals surface area contributed by atoms with Crippen LogP contribution in [0, 0.1) is 17.0 Å². The summed E-state index contributed by atoms with van der Waals surface area (Å²) >= 11 is 0. The lowest BCUT2D eigenvalue weighted by molar-refractivity contribution is -0.386. The summed E-state index contributed by atoms with van der Waals surface area (Å²) in [5.41, 5.74) is 0.00715. The molecule has 0 aliphatic rings. The zero-order valence-electron chi connectivity index (χ0n) is 12.3. The molecule has 0 saturated carbocycles. The second-order valence-electron chi connectivity index (χ2n) is 4.66. The summed E-state index contributed by atoms with van der Waals surface area (Å²) in [4.78, 5) is 10.7. The van der Waals surface area contributed by atoms with Crippen molar-refractivity contribution in [1.29, 1.82) is 0 Å². The van der Waals surface area contributed by atoms with Gasteiger partial charge in [0.1, 0.15) is 11.4 Å². The predicted molar refractivity (Wildman–Crippen MR) is 78.9 cm³/mol. The summed E-state index contributed by atoms with van der Waals surface area (Å²) in [5, 5.41) is 15.2. The molecule has 2 aromatic rings. The summed E-state index contributed by atoms with van der Waals surface area (Å²) in [6, 6.07) is 5.79. The van der Waals surface area contributed by atoms with Crippen molar-refractivity contribution < 1.29 is 18.1 Å². The molecule has 9 heteroatoms. The first-order valence-corrected chi connectivity index (χ1v) is 8.33. The van der Waals surface area contributed by atoms with Crippen molar-refractivity contribution in [3.8, 4) is 11.6 Å². The fourth-order valence-corrected chi connectivity index (χ4v) is 2.61. The number of hydrogen-bond donors (Lipinski definition) is 0. The highest BCUT2D eigenvalue weighted by atomic mass is 32.2. The van der Waals surface area contributed by atoms with Crippen LogP contribution in [0.25, 0.3) is 0 Å². The molecule has 1 aromatic carbocycles. The maximum atomic E-state index is 11.6. The second-order valence-corrected chi connectivity index (χ2v) is 6.68. The molecule has 0 fully saturated rings. The van der Waals surface area contributed by atoms with Crippen LogP contribution in [0.2, 0.25) is 0 Å². The van der Waals surface area contributed by atoms with E-state index in [-0.39, 0.29) is 27.9 Å². The lowest BCUT2D eigenvalue weighted by atomic mass is 10.3. The van der Waals surface area contributed by atoms with E-state index in [0.717, 1.165) is 6.26 Å². The van der Waals surface area contributed by atoms with Gasteiger partial charge in [0.05, 0.1) is 9.82 Å². The van der Waals surface area contributed by atoms with Crippen LogP contribution in [0.3, 0.4) is 0 Å². The predicted octanol–water partition coefficient (Wildman–Crippen LogP) is 2.32. The van der Waals surface area contributed by atoms with E-state index in [1.165, 1.54) is 35.9 Å². The quantitative estimate of drug-likeness (QED) is 0.617. The van der Waals surface area contributed by atoms with Crippen LogP contribution >= 0.6 is 0 Å². The molecule has 0 amide bonds. The minimum atomic E-state index is -3.39. The number of rotatable bonds is 5. The van der Waals surface area contributed by atoms with E-state index in [0.29, 0.717) is 6.54 Å². The summed E-state index contributed by atoms with van der Waals surface area (Å²) in [6.07, 6.45) is 1.08. The molecule has 0 aliphatic heterocycles. The molecule has 8 nitrogen and oxygen atoms in total. The van der Waals surface area contributed by atoms with Crippen LogP contribution in [0.5, 0.6) is 11.6 Å². The molecule has 1 heterocycles. The maximum absolute atomic E-state index is 11.6. The molecule has 0 spiro atoms. The number of ether oxygens (including phenoxy) is 1. The number of hydrogen-bond acceptors (Lipinski definition) is 6. The van der Waals surface area contributed by atoms with Crippen LogP contribution < -0.4 is 4.74 Å². The van der Waals surface area contributed by atoms with Crippen molar-refractivity contribution >= 4 is 15.5 Å². The Hall–Kier alpha value is -2.42. The molecule has 118 valence electrons. The van der Waals surface area contributed by atoms with E-state index >= 15 is 0 Å². The van der Waals surface area contributed by atoms with Gasteiger partial charge in [0, 0.05) is 12.8 Å². The van der Waals surface area contributed by atoms with E-state index in [1.54, 1.807) is 6.92 Å². The van der Waals surface area contributed by atoms with Gasteiger partial charge in [-0.2, -0.15) is 5.10 Å². The zero-order valence-corrected chi connectivity index (χ0v) is 13.1. The fraction of sp³-hybridized carbons (Fsp3) is 0.308. The number of aromatic nitrogens is 2. The molecule has 0 unspecified atom stereocenters. The van der Waals surface area contributed by atoms with E-state index in [2.05, 4.69) is 5.10 Å². The highest BCUT2D eigenvalue weighted by Crippen LogP contribution is 2.34. The first-order chi connectivity index (χ1) is 10.2. The summed E-state index contributed by atoms with van der Waals surface area (Å²) < 4.78 is 30.0. The first kappa shape index (κ1) is 16.0. The number of benzene rings is 1. The van der Waals surface area contributed by atoms with Gasteiger partial charge >= 0.3 is 5.69 Å². The molecule has 1 aromatic heterocycles. The Labute approximate surface area is 127 Å². The molecule has 0 saturated heterocycles. The molecule has 0 bridgehead atoms. The molecule has 0 radical (unpaired) electrons. The number of nitro groups is 1. The minimum absolute atomic E-state index is 0.0179. The maximum Gasteiger partial charge on any atom is 0.353 e. The van der Waals surface area contributed by atoms with Gasteiger partial charge in [0.15, 0.2) is 9.84 Å². The highest BCUT2D eigenvalue weighted by Gasteiger charge is 2.27. The van der Waals surface area contributed by atoms with E-state index in [9.17, 15) is 18.5 Å². The molecule has 2 rings (SSSR count). The summed E-state index contributed by atoms with van der Waals surface area (Å²) in [6.45, 7) is 3.68. The lowest BCUT2D eigenvalue weighted by Crippen LogP contribution is -2.02. The largest absolute Gasteiger partial charge is 0.434 e. The lowest BCUT2D eigenvalue weighted by Gasteiger charge is -2.07. The Morgan fingerprint density at radius 3 is 2.64 bits per heavy atom. The van der Waals surface area contributed by atoms with Crippen molar-refractivity contribution in [3.05, 3.63) is 40.1 Å². The van der Waals surface area contributed by atoms with Gasteiger partial charge in [-0.05, 0) is 32.0 Å². The third-order valence-electron chi connectivity index (χ3n) is 2.98. The van der Waals surface area contributed by atoms with Gasteiger partial charge in [-0.3, -0.25) is 10.1 Å². The summed E-state index contributed by atoms with van der Waals surface area (Å²) in [5.74, 6) is 0.177. The Bertz CT molecular complexity index is 826. The molecule has 0 aliphatic carbocycles. The molecular formula is C13H15N3O5S. The monoisotopic (exact) mass is 325 g/mol. The van der Waals surface area contributed by atoms with Crippen molar-refractivity contribution in [3.63, 3.8) is 0 Å². The van der Waals surface area contributed by atoms with Crippen LogP contribution in [-0.4, -0.2) is 29.4 Å². The minimum Gasteiger partial charge on any atom is -0.434 e. The number of sulfone groups is 1. The zero-order chi connectivity index (χ0) is 16.5. The molecule has 0 N–H and O–H groups in total. The molecule has 0 atom stereocenters. The Balaban J connectivity index is 2.50. The van der Waals surface area contributed by atoms with Crippen molar-refractivity contribution in [2.45, 2.75) is 25.3 Å². The van der Waals surface area contributed by atoms with E-state index in [1.807, 2.05) is 0 Å². The third kappa shape index (κ3) is 3.08. The average molecular weight is 325 g/mol. The topological polar surface area (TPSA) is 104 Å². The SMILES string of the molecule is CCn1nc(C)c([N+](=O)[O-])c1Oc1cccc(S(C)(=O)=O)c1. The smallest absolute Gasteiger partial charge is 0.353 e. The number of nitrogens with zero attached hydrogens (tertiary/aromatic N) is 3. The Morgan fingerprint density at radius 1 is 1.41 bits per heavy atom. The Kier molecular flexibility index (Phi) is 4.18. The van der Waals surface area contributed by atoms with E-state index < -0.39 is 14.8 Å². The summed E-state index contributed by atoms with van der Waals surface area (Å²) in [7, 11) is -3.39. The standard InChI is InChI=1S/C13H15N3O5S/c1-4-15-13(12(16(17)18)9(2)14-15)21-10-6-5-7-11(8-10)22(3,19)20/h5-8H,4H2,1-3H3. The van der Waals surface area contributed by atoms with Gasteiger partial charge < -0.3 is 4.74 Å². The average Bonchev–Trinajstić information content (AvgIpc) is 2.74. The van der Waals surface area contributed by atoms with Crippen LogP contribution in [0.15, 0.2) is 29.2 Å². The van der Waals surface area contributed by atoms with Gasteiger partial charge in [-0.25, -0.2) is 13.1 Å². The van der Waals surface area contributed by atoms with Gasteiger partial charge in [-0.1, -0.05) is 6.07 Å². The van der Waals surface area contributed by atoms with E-state index in [4.69, 9.17) is 4.74 Å². The van der Waals surface area contributed by atoms with Crippen molar-refractivity contribution in [1.82, 2.24) is 9.78 Å². The van der Waals surface area contributed by atoms with Gasteiger partial charge in [0.2, 0.25) is 0 Å². The third-order valence-corrected chi connectivity index (χ3v) is 4.09. The van der Waals surface area contributed by atoms with Crippen LogP contribution in [-0.2, 0) is 16.4 Å². The van der Waals surface area contributed by atoms with Crippen LogP contribution in [0.4, 0.5) is 5.69 Å². The molecule has 22 heavy (non-hydrogen) atoms. The van der Waals surface area contributed by atoms with Gasteiger partial charge in [0.25, 0.3) is 5.88 Å². The van der Waals surface area contributed by atoms with Crippen molar-refractivity contribution in [2.75, 3.05) is 6.26 Å². The first-order valence-electron chi connectivity index (χ1n) is 6.43. The molecular weight excluding hydrogens is 310 g/mol. The van der Waals surface area contributed by atoms with Gasteiger partial charge in [-0.15, -0.1) is 0 Å². The van der Waals surface area contributed by atoms with Crippen molar-refractivity contribution in [2.24, 2.45) is 0 Å². The normalized spacial score (nSPS) is 11.4. The fourth-order valence-electron chi connectivity index (χ4n) is 1.96. The Morgan fingerprint density at radius 2 is 2.09 bits per heavy atom. The second kappa shape index (κ2) is 5.76.